The molecule has 0 saturated heterocycles. The fraction of sp³-hybridized carbons (Fsp3) is 0.222. The van der Waals surface area contributed by atoms with Gasteiger partial charge in [0.2, 0.25) is 5.91 Å². The van der Waals surface area contributed by atoms with Crippen LogP contribution < -0.4 is 20.5 Å². The Morgan fingerprint density at radius 3 is 2.48 bits per heavy atom. The minimum absolute atomic E-state index is 0.0879. The van der Waals surface area contributed by atoms with Gasteiger partial charge in [-0.05, 0) is 24.3 Å². The fourth-order valence-electron chi connectivity index (χ4n) is 2.75. The van der Waals surface area contributed by atoms with Crippen molar-refractivity contribution in [1.29, 1.82) is 0 Å². The van der Waals surface area contributed by atoms with Crippen molar-refractivity contribution in [2.24, 2.45) is 7.05 Å². The summed E-state index contributed by atoms with van der Waals surface area (Å²) < 4.78 is 13.4. The standard InChI is InChI=1S/C18H19N3O4/c1-20-14-6-4-5-7-15(14)21(18(20)23)11-17(22)19-13-9-8-12(24-2)10-16(13)25-3/h4-10H,11H2,1-3H3,(H,19,22). The third-order valence-corrected chi connectivity index (χ3v) is 4.04. The van der Waals surface area contributed by atoms with E-state index in [-0.39, 0.29) is 18.1 Å². The van der Waals surface area contributed by atoms with E-state index in [2.05, 4.69) is 5.32 Å². The molecule has 0 saturated carbocycles. The van der Waals surface area contributed by atoms with E-state index < -0.39 is 0 Å². The van der Waals surface area contributed by atoms with Crippen molar-refractivity contribution in [3.8, 4) is 11.5 Å². The summed E-state index contributed by atoms with van der Waals surface area (Å²) in [4.78, 5) is 24.8. The van der Waals surface area contributed by atoms with Crippen molar-refractivity contribution in [2.45, 2.75) is 6.54 Å². The second-order valence-electron chi connectivity index (χ2n) is 5.53. The zero-order chi connectivity index (χ0) is 18.0. The van der Waals surface area contributed by atoms with Gasteiger partial charge in [0, 0.05) is 13.1 Å². The van der Waals surface area contributed by atoms with E-state index >= 15 is 0 Å². The molecule has 0 aliphatic rings. The van der Waals surface area contributed by atoms with Crippen molar-refractivity contribution < 1.29 is 14.3 Å². The van der Waals surface area contributed by atoms with E-state index in [9.17, 15) is 9.59 Å². The number of carbonyl (C=O) groups excluding carboxylic acids is 1. The number of imidazole rings is 1. The Hall–Kier alpha value is -3.22. The third-order valence-electron chi connectivity index (χ3n) is 4.04. The van der Waals surface area contributed by atoms with Crippen LogP contribution in [-0.2, 0) is 18.4 Å². The molecule has 25 heavy (non-hydrogen) atoms. The quantitative estimate of drug-likeness (QED) is 0.770. The van der Waals surface area contributed by atoms with Crippen molar-refractivity contribution >= 4 is 22.6 Å². The number of aromatic nitrogens is 2. The van der Waals surface area contributed by atoms with Crippen LogP contribution in [0.2, 0.25) is 0 Å². The number of anilines is 1. The van der Waals surface area contributed by atoms with Gasteiger partial charge in [0.15, 0.2) is 0 Å². The van der Waals surface area contributed by atoms with Gasteiger partial charge >= 0.3 is 5.69 Å². The van der Waals surface area contributed by atoms with Crippen LogP contribution in [0.1, 0.15) is 0 Å². The molecular weight excluding hydrogens is 322 g/mol. The van der Waals surface area contributed by atoms with Gasteiger partial charge in [0.25, 0.3) is 0 Å². The molecule has 1 aromatic heterocycles. The second-order valence-corrected chi connectivity index (χ2v) is 5.53. The molecular formula is C18H19N3O4. The first-order valence-corrected chi connectivity index (χ1v) is 7.71. The number of amides is 1. The highest BCUT2D eigenvalue weighted by atomic mass is 16.5. The highest BCUT2D eigenvalue weighted by Gasteiger charge is 2.14. The summed E-state index contributed by atoms with van der Waals surface area (Å²) in [5.41, 5.74) is 1.77. The molecule has 130 valence electrons. The van der Waals surface area contributed by atoms with Gasteiger partial charge in [-0.2, -0.15) is 0 Å². The molecule has 3 rings (SSSR count). The normalized spacial score (nSPS) is 10.7. The van der Waals surface area contributed by atoms with Crippen LogP contribution >= 0.6 is 0 Å². The largest absolute Gasteiger partial charge is 0.497 e. The molecule has 3 aromatic rings. The van der Waals surface area contributed by atoms with E-state index in [1.165, 1.54) is 16.2 Å². The van der Waals surface area contributed by atoms with E-state index in [1.807, 2.05) is 24.3 Å². The number of hydrogen-bond acceptors (Lipinski definition) is 4. The van der Waals surface area contributed by atoms with Crippen molar-refractivity contribution in [3.63, 3.8) is 0 Å². The second kappa shape index (κ2) is 6.72. The lowest BCUT2D eigenvalue weighted by Gasteiger charge is -2.12. The predicted octanol–water partition coefficient (Wildman–Crippen LogP) is 2.00. The maximum absolute atomic E-state index is 12.4. The van der Waals surface area contributed by atoms with Gasteiger partial charge in [-0.3, -0.25) is 13.9 Å². The number of hydrogen-bond donors (Lipinski definition) is 1. The number of ether oxygens (including phenoxy) is 2. The molecule has 7 heteroatoms. The van der Waals surface area contributed by atoms with Gasteiger partial charge in [-0.25, -0.2) is 4.79 Å². The van der Waals surface area contributed by atoms with Gasteiger partial charge in [0.1, 0.15) is 18.0 Å². The van der Waals surface area contributed by atoms with Crippen LogP contribution in [0.15, 0.2) is 47.3 Å². The molecule has 1 amide bonds. The molecule has 0 radical (unpaired) electrons. The van der Waals surface area contributed by atoms with Gasteiger partial charge in [0.05, 0.1) is 30.9 Å². The Kier molecular flexibility index (Phi) is 4.47. The number of para-hydroxylation sites is 2. The average Bonchev–Trinajstić information content (AvgIpc) is 2.87. The molecule has 0 spiro atoms. The van der Waals surface area contributed by atoms with Gasteiger partial charge in [-0.15, -0.1) is 0 Å². The van der Waals surface area contributed by atoms with E-state index in [1.54, 1.807) is 32.4 Å². The van der Waals surface area contributed by atoms with Crippen LogP contribution in [0.3, 0.4) is 0 Å². The molecule has 0 unspecified atom stereocenters. The Labute approximate surface area is 144 Å². The van der Waals surface area contributed by atoms with E-state index in [0.29, 0.717) is 22.7 Å². The van der Waals surface area contributed by atoms with E-state index in [0.717, 1.165) is 5.52 Å². The van der Waals surface area contributed by atoms with Crippen molar-refractivity contribution in [3.05, 3.63) is 52.9 Å². The van der Waals surface area contributed by atoms with E-state index in [4.69, 9.17) is 9.47 Å². The SMILES string of the molecule is COc1ccc(NC(=O)Cn2c(=O)n(C)c3ccccc32)c(OC)c1. The fourth-order valence-corrected chi connectivity index (χ4v) is 2.75. The zero-order valence-corrected chi connectivity index (χ0v) is 14.3. The topological polar surface area (TPSA) is 74.5 Å². The molecule has 1 heterocycles. The van der Waals surface area contributed by atoms with Crippen LogP contribution in [-0.4, -0.2) is 29.3 Å². The average molecular weight is 341 g/mol. The summed E-state index contributed by atoms with van der Waals surface area (Å²) in [6.07, 6.45) is 0. The monoisotopic (exact) mass is 341 g/mol. The Morgan fingerprint density at radius 2 is 1.80 bits per heavy atom. The number of fused-ring (bicyclic) bond motifs is 1. The Balaban J connectivity index is 1.87. The van der Waals surface area contributed by atoms with Gasteiger partial charge < -0.3 is 14.8 Å². The van der Waals surface area contributed by atoms with Crippen LogP contribution in [0.25, 0.3) is 11.0 Å². The molecule has 0 bridgehead atoms. The number of nitrogens with one attached hydrogen (secondary N) is 1. The van der Waals surface area contributed by atoms with Crippen LogP contribution in [0.4, 0.5) is 5.69 Å². The van der Waals surface area contributed by atoms with Crippen molar-refractivity contribution in [1.82, 2.24) is 9.13 Å². The third kappa shape index (κ3) is 3.08. The lowest BCUT2D eigenvalue weighted by molar-refractivity contribution is -0.116. The molecule has 0 atom stereocenters. The first kappa shape index (κ1) is 16.6. The summed E-state index contributed by atoms with van der Waals surface area (Å²) in [5, 5.41) is 2.77. The lowest BCUT2D eigenvalue weighted by Crippen LogP contribution is -2.28. The number of benzene rings is 2. The number of rotatable bonds is 5. The maximum Gasteiger partial charge on any atom is 0.329 e. The predicted molar refractivity (Wildman–Crippen MR) is 95.4 cm³/mol. The zero-order valence-electron chi connectivity index (χ0n) is 14.3. The minimum Gasteiger partial charge on any atom is -0.497 e. The Morgan fingerprint density at radius 1 is 1.08 bits per heavy atom. The first-order valence-electron chi connectivity index (χ1n) is 7.71. The molecule has 0 fully saturated rings. The first-order chi connectivity index (χ1) is 12.0. The summed E-state index contributed by atoms with van der Waals surface area (Å²) in [6.45, 7) is -0.0879. The molecule has 0 aliphatic carbocycles. The highest BCUT2D eigenvalue weighted by molar-refractivity contribution is 5.93. The van der Waals surface area contributed by atoms with Crippen LogP contribution in [0, 0.1) is 0 Å². The molecule has 1 N–H and O–H groups in total. The number of nitrogens with zero attached hydrogens (tertiary/aromatic N) is 2. The summed E-state index contributed by atoms with van der Waals surface area (Å²) in [6, 6.07) is 12.5. The number of aryl methyl sites for hydroxylation is 1. The number of methoxy groups -OCH3 is 2. The summed E-state index contributed by atoms with van der Waals surface area (Å²) in [5.74, 6) is 0.792. The maximum atomic E-state index is 12.4. The minimum atomic E-state index is -0.318. The lowest BCUT2D eigenvalue weighted by atomic mass is 10.2. The molecule has 2 aromatic carbocycles. The number of carbonyl (C=O) groups is 1. The molecule has 0 aliphatic heterocycles. The van der Waals surface area contributed by atoms with Gasteiger partial charge in [-0.1, -0.05) is 12.1 Å². The smallest absolute Gasteiger partial charge is 0.329 e. The summed E-state index contributed by atoms with van der Waals surface area (Å²) in [7, 11) is 4.76. The van der Waals surface area contributed by atoms with Crippen LogP contribution in [0.5, 0.6) is 11.5 Å². The Bertz CT molecular complexity index is 988. The molecule has 7 nitrogen and oxygen atoms in total. The van der Waals surface area contributed by atoms with Crippen molar-refractivity contribution in [2.75, 3.05) is 19.5 Å². The summed E-state index contributed by atoms with van der Waals surface area (Å²) >= 11 is 0. The highest BCUT2D eigenvalue weighted by Crippen LogP contribution is 2.29.